The van der Waals surface area contributed by atoms with Crippen LogP contribution in [0.5, 0.6) is 0 Å². The molecule has 0 aliphatic carbocycles. The van der Waals surface area contributed by atoms with Crippen molar-refractivity contribution in [3.05, 3.63) is 93.8 Å². The minimum atomic E-state index is -5.06. The van der Waals surface area contributed by atoms with Crippen LogP contribution < -0.4 is 5.56 Å². The van der Waals surface area contributed by atoms with Crippen molar-refractivity contribution in [2.24, 2.45) is 7.05 Å². The molecule has 0 radical (unpaired) electrons. The fourth-order valence-electron chi connectivity index (χ4n) is 3.62. The number of halogens is 4. The van der Waals surface area contributed by atoms with E-state index in [1.165, 1.54) is 61.2 Å². The lowest BCUT2D eigenvalue weighted by atomic mass is 9.85. The number of aromatic nitrogens is 3. The summed E-state index contributed by atoms with van der Waals surface area (Å²) < 4.78 is 58.1. The Morgan fingerprint density at radius 3 is 2.29 bits per heavy atom. The number of benzene rings is 2. The summed E-state index contributed by atoms with van der Waals surface area (Å²) in [6.45, 7) is 1.39. The lowest BCUT2D eigenvalue weighted by Crippen LogP contribution is -2.44. The third-order valence-corrected chi connectivity index (χ3v) is 5.25. The molecule has 1 atom stereocenters. The first-order valence-corrected chi connectivity index (χ1v) is 9.23. The number of aliphatic hydroxyl groups is 1. The van der Waals surface area contributed by atoms with E-state index >= 15 is 0 Å². The van der Waals surface area contributed by atoms with E-state index in [0.717, 1.165) is 22.9 Å². The summed E-state index contributed by atoms with van der Waals surface area (Å²) in [6.07, 6.45) is -2.71. The van der Waals surface area contributed by atoms with Gasteiger partial charge in [0.2, 0.25) is 5.60 Å². The number of hydrogen-bond acceptors (Lipinski definition) is 3. The molecule has 0 spiro atoms. The van der Waals surface area contributed by atoms with Gasteiger partial charge in [0.05, 0.1) is 17.4 Å². The Labute approximate surface area is 173 Å². The molecule has 9 heteroatoms. The van der Waals surface area contributed by atoms with Crippen LogP contribution in [0.25, 0.3) is 16.6 Å². The zero-order chi connectivity index (χ0) is 22.6. The normalized spacial score (nSPS) is 14.0. The maximum Gasteiger partial charge on any atom is 0.425 e. The summed E-state index contributed by atoms with van der Waals surface area (Å²) in [6, 6.07) is 10.3. The van der Waals surface area contributed by atoms with Gasteiger partial charge in [-0.3, -0.25) is 4.79 Å². The molecule has 160 valence electrons. The summed E-state index contributed by atoms with van der Waals surface area (Å²) in [5.74, 6) is -0.426. The van der Waals surface area contributed by atoms with Crippen molar-refractivity contribution >= 4 is 10.9 Å². The number of pyridine rings is 1. The van der Waals surface area contributed by atoms with Crippen LogP contribution in [0.4, 0.5) is 17.6 Å². The molecule has 5 nitrogen and oxygen atoms in total. The molecule has 0 aliphatic heterocycles. The number of fused-ring (bicyclic) bond motifs is 1. The monoisotopic (exact) mass is 431 g/mol. The van der Waals surface area contributed by atoms with E-state index in [-0.39, 0.29) is 5.56 Å². The van der Waals surface area contributed by atoms with Gasteiger partial charge < -0.3 is 9.67 Å². The highest BCUT2D eigenvalue weighted by Crippen LogP contribution is 2.44. The number of rotatable bonds is 3. The molecule has 0 saturated carbocycles. The molecule has 0 aliphatic rings. The first-order valence-electron chi connectivity index (χ1n) is 9.23. The lowest BCUT2D eigenvalue weighted by molar-refractivity contribution is -0.248. The Morgan fingerprint density at radius 2 is 1.68 bits per heavy atom. The molecule has 4 aromatic rings. The number of hydrogen-bond donors (Lipinski definition) is 1. The van der Waals surface area contributed by atoms with Crippen molar-refractivity contribution in [2.45, 2.75) is 18.7 Å². The van der Waals surface area contributed by atoms with Gasteiger partial charge >= 0.3 is 6.18 Å². The number of nitrogens with zero attached hydrogens (tertiary/aromatic N) is 3. The van der Waals surface area contributed by atoms with E-state index in [0.29, 0.717) is 16.6 Å². The highest BCUT2D eigenvalue weighted by molar-refractivity contribution is 5.81. The Hall–Kier alpha value is -3.46. The summed E-state index contributed by atoms with van der Waals surface area (Å²) in [5.41, 5.74) is -3.58. The Balaban J connectivity index is 1.90. The third-order valence-electron chi connectivity index (χ3n) is 5.25. The van der Waals surface area contributed by atoms with E-state index in [9.17, 15) is 27.5 Å². The van der Waals surface area contributed by atoms with Crippen molar-refractivity contribution in [3.63, 3.8) is 0 Å². The summed E-state index contributed by atoms with van der Waals surface area (Å²) in [7, 11) is 1.32. The smallest absolute Gasteiger partial charge is 0.372 e. The first-order chi connectivity index (χ1) is 14.5. The molecular weight excluding hydrogens is 414 g/mol. The van der Waals surface area contributed by atoms with E-state index in [4.69, 9.17) is 0 Å². The van der Waals surface area contributed by atoms with Crippen molar-refractivity contribution in [3.8, 4) is 5.69 Å². The van der Waals surface area contributed by atoms with Crippen LogP contribution in [-0.4, -0.2) is 25.6 Å². The van der Waals surface area contributed by atoms with Gasteiger partial charge in [-0.2, -0.15) is 18.3 Å². The second kappa shape index (κ2) is 7.05. The van der Waals surface area contributed by atoms with Gasteiger partial charge in [-0.05, 0) is 55.0 Å². The molecule has 2 heterocycles. The Morgan fingerprint density at radius 1 is 1.00 bits per heavy atom. The highest BCUT2D eigenvalue weighted by atomic mass is 19.4. The molecule has 1 unspecified atom stereocenters. The predicted octanol–water partition coefficient (Wildman–Crippen LogP) is 3.97. The molecule has 2 aromatic carbocycles. The van der Waals surface area contributed by atoms with E-state index < -0.39 is 34.3 Å². The molecule has 0 amide bonds. The molecule has 2 aromatic heterocycles. The van der Waals surface area contributed by atoms with Gasteiger partial charge in [-0.15, -0.1) is 0 Å². The molecule has 0 bridgehead atoms. The summed E-state index contributed by atoms with van der Waals surface area (Å²) >= 11 is 0. The van der Waals surface area contributed by atoms with Crippen LogP contribution >= 0.6 is 0 Å². The standard InChI is InChI=1S/C22H17F4N3O2/c1-13-9-16(12-28(2)20(13)30)21(31,22(24,25)26)15-3-8-19-14(10-15)11-27-29(19)18-6-4-17(23)5-7-18/h3-12,31H,1-2H3. The zero-order valence-electron chi connectivity index (χ0n) is 16.5. The average Bonchev–Trinajstić information content (AvgIpc) is 3.14. The van der Waals surface area contributed by atoms with Crippen LogP contribution in [0.15, 0.2) is 65.7 Å². The lowest BCUT2D eigenvalue weighted by Gasteiger charge is -2.32. The maximum atomic E-state index is 14.2. The fourth-order valence-corrected chi connectivity index (χ4v) is 3.62. The molecule has 0 fully saturated rings. The quantitative estimate of drug-likeness (QED) is 0.500. The van der Waals surface area contributed by atoms with Crippen molar-refractivity contribution in [1.82, 2.24) is 14.3 Å². The van der Waals surface area contributed by atoms with E-state index in [1.807, 2.05) is 0 Å². The van der Waals surface area contributed by atoms with Gasteiger partial charge in [0.25, 0.3) is 5.56 Å². The van der Waals surface area contributed by atoms with Crippen LogP contribution in [-0.2, 0) is 12.6 Å². The summed E-state index contributed by atoms with van der Waals surface area (Å²) in [4.78, 5) is 11.9. The van der Waals surface area contributed by atoms with Gasteiger partial charge in [0.15, 0.2) is 0 Å². The number of alkyl halides is 3. The molecule has 31 heavy (non-hydrogen) atoms. The molecule has 1 N–H and O–H groups in total. The van der Waals surface area contributed by atoms with Gasteiger partial charge in [0.1, 0.15) is 5.82 Å². The van der Waals surface area contributed by atoms with Crippen LogP contribution in [0.1, 0.15) is 16.7 Å². The minimum absolute atomic E-state index is 0.0767. The Kier molecular flexibility index (Phi) is 4.73. The SMILES string of the molecule is Cc1cc(C(O)(c2ccc3c(cnn3-c3ccc(F)cc3)c2)C(F)(F)F)cn(C)c1=O. The molecular formula is C22H17F4N3O2. The van der Waals surface area contributed by atoms with Crippen LogP contribution in [0.3, 0.4) is 0 Å². The highest BCUT2D eigenvalue weighted by Gasteiger charge is 2.56. The summed E-state index contributed by atoms with van der Waals surface area (Å²) in [5, 5.41) is 15.5. The maximum absolute atomic E-state index is 14.2. The average molecular weight is 431 g/mol. The fraction of sp³-hybridized carbons (Fsp3) is 0.182. The van der Waals surface area contributed by atoms with E-state index in [1.54, 1.807) is 0 Å². The third kappa shape index (κ3) is 3.31. The van der Waals surface area contributed by atoms with Gasteiger partial charge in [-0.25, -0.2) is 9.07 Å². The van der Waals surface area contributed by atoms with Gasteiger partial charge in [-0.1, -0.05) is 6.07 Å². The van der Waals surface area contributed by atoms with Crippen molar-refractivity contribution in [2.75, 3.05) is 0 Å². The van der Waals surface area contributed by atoms with Crippen molar-refractivity contribution in [1.29, 1.82) is 0 Å². The zero-order valence-corrected chi connectivity index (χ0v) is 16.5. The first kappa shape index (κ1) is 20.8. The number of aryl methyl sites for hydroxylation is 2. The van der Waals surface area contributed by atoms with Crippen LogP contribution in [0, 0.1) is 12.7 Å². The van der Waals surface area contributed by atoms with Crippen LogP contribution in [0.2, 0.25) is 0 Å². The predicted molar refractivity (Wildman–Crippen MR) is 107 cm³/mol. The minimum Gasteiger partial charge on any atom is -0.372 e. The largest absolute Gasteiger partial charge is 0.425 e. The molecule has 4 rings (SSSR count). The second-order valence-corrected chi connectivity index (χ2v) is 7.34. The Bertz CT molecular complexity index is 1310. The van der Waals surface area contributed by atoms with E-state index in [2.05, 4.69) is 5.10 Å². The van der Waals surface area contributed by atoms with Crippen molar-refractivity contribution < 1.29 is 22.7 Å². The topological polar surface area (TPSA) is 60.1 Å². The van der Waals surface area contributed by atoms with Gasteiger partial charge in [0, 0.05) is 29.8 Å². The molecule has 0 saturated heterocycles. The second-order valence-electron chi connectivity index (χ2n) is 7.34.